The number of benzene rings is 2. The molecular weight excluding hydrogens is 453 g/mol. The zero-order valence-corrected chi connectivity index (χ0v) is 18.5. The van der Waals surface area contributed by atoms with E-state index in [1.807, 2.05) is 12.1 Å². The van der Waals surface area contributed by atoms with E-state index in [0.29, 0.717) is 46.4 Å². The van der Waals surface area contributed by atoms with Gasteiger partial charge in [0.1, 0.15) is 11.6 Å². The average Bonchev–Trinajstić information content (AvgIpc) is 3.26. The summed E-state index contributed by atoms with van der Waals surface area (Å²) >= 11 is 0. The zero-order chi connectivity index (χ0) is 24.3. The Hall–Kier alpha value is -4.15. The quantitative estimate of drug-likeness (QED) is 0.388. The van der Waals surface area contributed by atoms with Crippen LogP contribution in [0.3, 0.4) is 0 Å². The largest absolute Gasteiger partial charge is 0.573 e. The van der Waals surface area contributed by atoms with E-state index in [9.17, 15) is 13.2 Å². The molecule has 0 aliphatic carbocycles. The van der Waals surface area contributed by atoms with E-state index in [1.54, 1.807) is 43.3 Å². The third-order valence-electron chi connectivity index (χ3n) is 4.98. The Bertz CT molecular complexity index is 1280. The first-order chi connectivity index (χ1) is 16.3. The molecule has 4 aromatic rings. The number of alkyl halides is 3. The van der Waals surface area contributed by atoms with Crippen molar-refractivity contribution in [2.75, 3.05) is 26.6 Å². The Morgan fingerprint density at radius 1 is 0.971 bits per heavy atom. The Morgan fingerprint density at radius 3 is 2.35 bits per heavy atom. The smallest absolute Gasteiger partial charge is 0.493 e. The molecule has 8 nitrogen and oxygen atoms in total. The van der Waals surface area contributed by atoms with Gasteiger partial charge < -0.3 is 24.3 Å². The van der Waals surface area contributed by atoms with Crippen molar-refractivity contribution in [3.8, 4) is 34.1 Å². The molecule has 0 bridgehead atoms. The van der Waals surface area contributed by atoms with Gasteiger partial charge in [-0.2, -0.15) is 9.61 Å². The standard InChI is InChI=1S/C23H21F3N4O4/c1-31-18-9-14(10-19(32-2)21(18)33-3)12-28-20-7-8-27-22-17(13-29-30(20)22)15-5-4-6-16(11-15)34-23(24,25)26/h4-11,13,28H,12H2,1-3H3. The van der Waals surface area contributed by atoms with Gasteiger partial charge in [-0.1, -0.05) is 12.1 Å². The summed E-state index contributed by atoms with van der Waals surface area (Å²) in [5.41, 5.74) is 2.39. The van der Waals surface area contributed by atoms with Crippen LogP contribution in [0.4, 0.5) is 19.0 Å². The first-order valence-corrected chi connectivity index (χ1v) is 10.0. The van der Waals surface area contributed by atoms with Gasteiger partial charge in [0.2, 0.25) is 5.75 Å². The van der Waals surface area contributed by atoms with Gasteiger partial charge in [0.25, 0.3) is 0 Å². The molecule has 0 saturated heterocycles. The van der Waals surface area contributed by atoms with Crippen molar-refractivity contribution >= 4 is 11.5 Å². The summed E-state index contributed by atoms with van der Waals surface area (Å²) in [6.07, 6.45) is -1.64. The summed E-state index contributed by atoms with van der Waals surface area (Å²) in [7, 11) is 4.62. The van der Waals surface area contributed by atoms with E-state index in [4.69, 9.17) is 14.2 Å². The lowest BCUT2D eigenvalue weighted by Crippen LogP contribution is -2.17. The second-order valence-electron chi connectivity index (χ2n) is 7.09. The first-order valence-electron chi connectivity index (χ1n) is 10.0. The highest BCUT2D eigenvalue weighted by Gasteiger charge is 2.31. The number of ether oxygens (including phenoxy) is 4. The SMILES string of the molecule is COc1cc(CNc2ccnc3c(-c4cccc(OC(F)(F)F)c4)cnn23)cc(OC)c1OC. The van der Waals surface area contributed by atoms with Crippen LogP contribution in [0.2, 0.25) is 0 Å². The number of rotatable bonds is 8. The van der Waals surface area contributed by atoms with E-state index in [1.165, 1.54) is 25.3 Å². The molecule has 0 aliphatic rings. The van der Waals surface area contributed by atoms with Gasteiger partial charge in [-0.3, -0.25) is 0 Å². The second-order valence-corrected chi connectivity index (χ2v) is 7.09. The Kier molecular flexibility index (Phi) is 6.35. The lowest BCUT2D eigenvalue weighted by Gasteiger charge is -2.15. The van der Waals surface area contributed by atoms with Crippen molar-refractivity contribution in [3.63, 3.8) is 0 Å². The van der Waals surface area contributed by atoms with Crippen LogP contribution in [0.1, 0.15) is 5.56 Å². The highest BCUT2D eigenvalue weighted by atomic mass is 19.4. The maximum Gasteiger partial charge on any atom is 0.573 e. The van der Waals surface area contributed by atoms with Crippen LogP contribution in [-0.2, 0) is 6.54 Å². The van der Waals surface area contributed by atoms with Crippen LogP contribution in [0, 0.1) is 0 Å². The van der Waals surface area contributed by atoms with Gasteiger partial charge in [0.15, 0.2) is 17.1 Å². The zero-order valence-electron chi connectivity index (χ0n) is 18.5. The van der Waals surface area contributed by atoms with Crippen LogP contribution in [0.5, 0.6) is 23.0 Å². The van der Waals surface area contributed by atoms with Crippen molar-refractivity contribution in [1.29, 1.82) is 0 Å². The number of anilines is 1. The van der Waals surface area contributed by atoms with Crippen molar-refractivity contribution < 1.29 is 32.1 Å². The molecule has 0 aliphatic heterocycles. The van der Waals surface area contributed by atoms with E-state index in [-0.39, 0.29) is 5.75 Å². The number of halogens is 3. The third kappa shape index (κ3) is 4.77. The average molecular weight is 474 g/mol. The Morgan fingerprint density at radius 2 is 1.71 bits per heavy atom. The van der Waals surface area contributed by atoms with E-state index in [2.05, 4.69) is 20.1 Å². The van der Waals surface area contributed by atoms with Crippen LogP contribution >= 0.6 is 0 Å². The number of aromatic nitrogens is 3. The Labute approximate surface area is 192 Å². The number of hydrogen-bond donors (Lipinski definition) is 1. The van der Waals surface area contributed by atoms with Crippen molar-refractivity contribution in [3.05, 3.63) is 60.4 Å². The number of nitrogens with one attached hydrogen (secondary N) is 1. The molecule has 0 unspecified atom stereocenters. The molecule has 4 rings (SSSR count). The number of fused-ring (bicyclic) bond motifs is 1. The lowest BCUT2D eigenvalue weighted by molar-refractivity contribution is -0.274. The molecule has 11 heteroatoms. The molecule has 178 valence electrons. The normalized spacial score (nSPS) is 11.4. The second kappa shape index (κ2) is 9.38. The van der Waals surface area contributed by atoms with Gasteiger partial charge in [0.05, 0.1) is 27.5 Å². The summed E-state index contributed by atoms with van der Waals surface area (Å²) in [5, 5.41) is 7.65. The Balaban J connectivity index is 1.62. The number of methoxy groups -OCH3 is 3. The van der Waals surface area contributed by atoms with E-state index >= 15 is 0 Å². The molecule has 0 atom stereocenters. The summed E-state index contributed by atoms with van der Waals surface area (Å²) in [6.45, 7) is 0.403. The van der Waals surface area contributed by atoms with Crippen LogP contribution in [0.15, 0.2) is 54.9 Å². The lowest BCUT2D eigenvalue weighted by atomic mass is 10.1. The molecule has 0 amide bonds. The highest BCUT2D eigenvalue weighted by Crippen LogP contribution is 2.38. The molecule has 0 saturated carbocycles. The van der Waals surface area contributed by atoms with Crippen LogP contribution in [-0.4, -0.2) is 42.3 Å². The molecule has 2 heterocycles. The monoisotopic (exact) mass is 474 g/mol. The summed E-state index contributed by atoms with van der Waals surface area (Å²) in [5.74, 6) is 1.86. The molecule has 0 fully saturated rings. The summed E-state index contributed by atoms with van der Waals surface area (Å²) < 4.78 is 59.5. The highest BCUT2D eigenvalue weighted by molar-refractivity contribution is 5.78. The maximum atomic E-state index is 12.6. The fourth-order valence-corrected chi connectivity index (χ4v) is 3.52. The van der Waals surface area contributed by atoms with Gasteiger partial charge >= 0.3 is 6.36 Å². The van der Waals surface area contributed by atoms with Gasteiger partial charge in [0, 0.05) is 18.3 Å². The number of nitrogens with zero attached hydrogens (tertiary/aromatic N) is 3. The minimum absolute atomic E-state index is 0.318. The van der Waals surface area contributed by atoms with Crippen molar-refractivity contribution in [2.24, 2.45) is 0 Å². The third-order valence-corrected chi connectivity index (χ3v) is 4.98. The predicted molar refractivity (Wildman–Crippen MR) is 119 cm³/mol. The molecular formula is C23H21F3N4O4. The number of hydrogen-bond acceptors (Lipinski definition) is 7. The minimum Gasteiger partial charge on any atom is -0.493 e. The van der Waals surface area contributed by atoms with E-state index in [0.717, 1.165) is 5.56 Å². The van der Waals surface area contributed by atoms with Gasteiger partial charge in [-0.05, 0) is 41.5 Å². The molecule has 0 radical (unpaired) electrons. The molecule has 2 aromatic carbocycles. The predicted octanol–water partition coefficient (Wildman–Crippen LogP) is 4.93. The van der Waals surface area contributed by atoms with Crippen LogP contribution in [0.25, 0.3) is 16.8 Å². The molecule has 0 spiro atoms. The fraction of sp³-hybridized carbons (Fsp3) is 0.217. The topological polar surface area (TPSA) is 79.1 Å². The van der Waals surface area contributed by atoms with Crippen molar-refractivity contribution in [2.45, 2.75) is 12.9 Å². The van der Waals surface area contributed by atoms with Crippen LogP contribution < -0.4 is 24.3 Å². The van der Waals surface area contributed by atoms with Gasteiger partial charge in [-0.15, -0.1) is 13.2 Å². The van der Waals surface area contributed by atoms with E-state index < -0.39 is 6.36 Å². The summed E-state index contributed by atoms with van der Waals surface area (Å²) in [4.78, 5) is 4.36. The minimum atomic E-state index is -4.78. The molecule has 1 N–H and O–H groups in total. The fourth-order valence-electron chi connectivity index (χ4n) is 3.52. The van der Waals surface area contributed by atoms with Crippen molar-refractivity contribution in [1.82, 2.24) is 14.6 Å². The molecule has 34 heavy (non-hydrogen) atoms. The molecule has 2 aromatic heterocycles. The first kappa shape index (κ1) is 23.0. The van der Waals surface area contributed by atoms with Gasteiger partial charge in [-0.25, -0.2) is 4.98 Å². The maximum absolute atomic E-state index is 12.6. The summed E-state index contributed by atoms with van der Waals surface area (Å²) in [6, 6.07) is 11.1.